The highest BCUT2D eigenvalue weighted by atomic mass is 19.4. The second-order valence-corrected chi connectivity index (χ2v) is 9.33. The summed E-state index contributed by atoms with van der Waals surface area (Å²) in [6, 6.07) is 3.50. The fourth-order valence-electron chi connectivity index (χ4n) is 4.53. The van der Waals surface area contributed by atoms with Gasteiger partial charge in [0.2, 0.25) is 5.91 Å². The largest absolute Gasteiger partial charge is 0.416 e. The van der Waals surface area contributed by atoms with Crippen LogP contribution in [0, 0.1) is 6.92 Å². The number of hydrogen-bond donors (Lipinski definition) is 1. The summed E-state index contributed by atoms with van der Waals surface area (Å²) < 4.78 is 50.0. The summed E-state index contributed by atoms with van der Waals surface area (Å²) in [4.78, 5) is 28.2. The Hall–Kier alpha value is -2.33. The number of hydrogen-bond acceptors (Lipinski definition) is 4. The Morgan fingerprint density at radius 3 is 2.66 bits per heavy atom. The van der Waals surface area contributed by atoms with Gasteiger partial charge in [0.25, 0.3) is 0 Å². The average molecular weight is 455 g/mol. The van der Waals surface area contributed by atoms with E-state index in [1.807, 2.05) is 13.8 Å². The van der Waals surface area contributed by atoms with E-state index in [1.54, 1.807) is 16.7 Å². The molecule has 3 aliphatic rings. The number of nitrogens with one attached hydrogen (secondary N) is 1. The van der Waals surface area contributed by atoms with Crippen LogP contribution in [0.4, 0.5) is 18.0 Å². The highest BCUT2D eigenvalue weighted by Gasteiger charge is 2.54. The number of halogens is 3. The highest BCUT2D eigenvalue weighted by molar-refractivity contribution is 5.80. The van der Waals surface area contributed by atoms with E-state index in [9.17, 15) is 22.8 Å². The molecule has 2 atom stereocenters. The summed E-state index contributed by atoms with van der Waals surface area (Å²) in [6.07, 6.45) is -3.91. The van der Waals surface area contributed by atoms with Gasteiger partial charge in [0, 0.05) is 13.1 Å². The van der Waals surface area contributed by atoms with Crippen molar-refractivity contribution in [2.45, 2.75) is 57.2 Å². The van der Waals surface area contributed by atoms with Crippen molar-refractivity contribution in [3.8, 4) is 0 Å². The summed E-state index contributed by atoms with van der Waals surface area (Å²) in [5.41, 5.74) is -0.632. The molecule has 32 heavy (non-hydrogen) atoms. The zero-order chi connectivity index (χ0) is 23.3. The van der Waals surface area contributed by atoms with Gasteiger partial charge in [0.05, 0.1) is 42.5 Å². The second-order valence-electron chi connectivity index (χ2n) is 9.33. The van der Waals surface area contributed by atoms with Gasteiger partial charge in [-0.25, -0.2) is 4.79 Å². The number of aryl methyl sites for hydroxylation is 1. The van der Waals surface area contributed by atoms with Crippen LogP contribution in [-0.4, -0.2) is 71.8 Å². The van der Waals surface area contributed by atoms with E-state index in [1.165, 1.54) is 6.07 Å². The van der Waals surface area contributed by atoms with Crippen molar-refractivity contribution in [2.75, 3.05) is 32.8 Å². The molecule has 176 valence electrons. The zero-order valence-electron chi connectivity index (χ0n) is 18.4. The highest BCUT2D eigenvalue weighted by Crippen LogP contribution is 2.37. The number of nitrogens with zero attached hydrogens (tertiary/aromatic N) is 2. The van der Waals surface area contributed by atoms with Gasteiger partial charge in [-0.3, -0.25) is 4.79 Å². The SMILES string of the molecule is Cc1cc(C(F)(F)F)ccc1COC1CN(C(=O)N2CC[C@]3(C)OCC(=O)N[C@]3(C)C2)C1. The summed E-state index contributed by atoms with van der Waals surface area (Å²) in [6.45, 7) is 7.46. The minimum atomic E-state index is -4.37. The molecule has 1 aromatic carbocycles. The number of amides is 3. The van der Waals surface area contributed by atoms with Crippen molar-refractivity contribution < 1.29 is 32.2 Å². The Bertz CT molecular complexity index is 918. The van der Waals surface area contributed by atoms with Crippen molar-refractivity contribution >= 4 is 11.9 Å². The Kier molecular flexibility index (Phi) is 5.65. The number of likely N-dealkylation sites (tertiary alicyclic amines) is 2. The van der Waals surface area contributed by atoms with Crippen LogP contribution in [0.25, 0.3) is 0 Å². The Labute approximate surface area is 184 Å². The van der Waals surface area contributed by atoms with Gasteiger partial charge >= 0.3 is 12.2 Å². The monoisotopic (exact) mass is 455 g/mol. The number of carbonyl (C=O) groups is 2. The molecule has 7 nitrogen and oxygen atoms in total. The number of benzene rings is 1. The Balaban J connectivity index is 1.28. The van der Waals surface area contributed by atoms with E-state index in [4.69, 9.17) is 9.47 Å². The third-order valence-electron chi connectivity index (χ3n) is 7.00. The number of ether oxygens (including phenoxy) is 2. The lowest BCUT2D eigenvalue weighted by Gasteiger charge is -2.56. The van der Waals surface area contributed by atoms with Crippen molar-refractivity contribution in [2.24, 2.45) is 0 Å². The van der Waals surface area contributed by atoms with Gasteiger partial charge in [-0.15, -0.1) is 0 Å². The average Bonchev–Trinajstić information content (AvgIpc) is 2.67. The van der Waals surface area contributed by atoms with Crippen molar-refractivity contribution in [3.63, 3.8) is 0 Å². The summed E-state index contributed by atoms with van der Waals surface area (Å²) in [5.74, 6) is -0.185. The number of carbonyl (C=O) groups excluding carboxylic acids is 2. The fraction of sp³-hybridized carbons (Fsp3) is 0.636. The summed E-state index contributed by atoms with van der Waals surface area (Å²) in [5, 5.41) is 2.99. The molecule has 0 aromatic heterocycles. The van der Waals surface area contributed by atoms with Crippen LogP contribution in [-0.2, 0) is 27.1 Å². The molecule has 1 aromatic rings. The first-order valence-electron chi connectivity index (χ1n) is 10.7. The van der Waals surface area contributed by atoms with Crippen molar-refractivity contribution in [1.29, 1.82) is 0 Å². The predicted octanol–water partition coefficient (Wildman–Crippen LogP) is 2.70. The van der Waals surface area contributed by atoms with E-state index >= 15 is 0 Å². The van der Waals surface area contributed by atoms with Gasteiger partial charge < -0.3 is 24.6 Å². The van der Waals surface area contributed by atoms with Gasteiger partial charge in [-0.05, 0) is 50.5 Å². The molecule has 1 N–H and O–H groups in total. The lowest BCUT2D eigenvalue weighted by atomic mass is 9.75. The summed E-state index contributed by atoms with van der Waals surface area (Å²) >= 11 is 0. The number of fused-ring (bicyclic) bond motifs is 1. The Morgan fingerprint density at radius 1 is 1.28 bits per heavy atom. The normalized spacial score (nSPS) is 28.8. The topological polar surface area (TPSA) is 71.1 Å². The molecule has 0 spiro atoms. The number of urea groups is 1. The second kappa shape index (κ2) is 7.91. The maximum absolute atomic E-state index is 12.9. The molecule has 3 heterocycles. The minimum Gasteiger partial charge on any atom is -0.370 e. The van der Waals surface area contributed by atoms with Crippen LogP contribution in [0.2, 0.25) is 0 Å². The number of alkyl halides is 3. The third-order valence-corrected chi connectivity index (χ3v) is 7.00. The number of morpholine rings is 1. The summed E-state index contributed by atoms with van der Waals surface area (Å²) in [7, 11) is 0. The third kappa shape index (κ3) is 4.17. The first-order valence-corrected chi connectivity index (χ1v) is 10.7. The van der Waals surface area contributed by atoms with Crippen molar-refractivity contribution in [1.82, 2.24) is 15.1 Å². The first kappa shape index (κ1) is 22.8. The first-order chi connectivity index (χ1) is 14.9. The molecular weight excluding hydrogens is 427 g/mol. The Morgan fingerprint density at radius 2 is 2.00 bits per heavy atom. The molecule has 0 aliphatic carbocycles. The molecule has 3 saturated heterocycles. The van der Waals surface area contributed by atoms with Gasteiger partial charge in [0.15, 0.2) is 0 Å². The molecule has 0 saturated carbocycles. The quantitative estimate of drug-likeness (QED) is 0.761. The maximum Gasteiger partial charge on any atom is 0.416 e. The molecule has 0 unspecified atom stereocenters. The van der Waals surface area contributed by atoms with Crippen molar-refractivity contribution in [3.05, 3.63) is 34.9 Å². The van der Waals surface area contributed by atoms with Crippen LogP contribution in [0.15, 0.2) is 18.2 Å². The van der Waals surface area contributed by atoms with E-state index in [0.717, 1.165) is 12.1 Å². The molecular formula is C22H28F3N3O4. The minimum absolute atomic E-state index is 0.0313. The molecule has 3 amide bonds. The van der Waals surface area contributed by atoms with E-state index in [2.05, 4.69) is 5.32 Å². The molecule has 3 aliphatic heterocycles. The number of rotatable bonds is 3. The van der Waals surface area contributed by atoms with Crippen LogP contribution in [0.1, 0.15) is 37.0 Å². The number of piperidine rings is 1. The molecule has 0 bridgehead atoms. The van der Waals surface area contributed by atoms with Crippen LogP contribution in [0.3, 0.4) is 0 Å². The van der Waals surface area contributed by atoms with Crippen LogP contribution >= 0.6 is 0 Å². The smallest absolute Gasteiger partial charge is 0.370 e. The lowest BCUT2D eigenvalue weighted by Crippen LogP contribution is -2.75. The van der Waals surface area contributed by atoms with E-state index in [0.29, 0.717) is 43.7 Å². The molecule has 4 rings (SSSR count). The van der Waals surface area contributed by atoms with Gasteiger partial charge in [-0.1, -0.05) is 6.07 Å². The lowest BCUT2D eigenvalue weighted by molar-refractivity contribution is -0.174. The van der Waals surface area contributed by atoms with Gasteiger partial charge in [-0.2, -0.15) is 13.2 Å². The molecule has 3 fully saturated rings. The fourth-order valence-corrected chi connectivity index (χ4v) is 4.53. The molecule has 0 radical (unpaired) electrons. The predicted molar refractivity (Wildman–Crippen MR) is 109 cm³/mol. The maximum atomic E-state index is 12.9. The van der Waals surface area contributed by atoms with Gasteiger partial charge in [0.1, 0.15) is 6.61 Å². The van der Waals surface area contributed by atoms with Crippen LogP contribution in [0.5, 0.6) is 0 Å². The van der Waals surface area contributed by atoms with Crippen LogP contribution < -0.4 is 5.32 Å². The van der Waals surface area contributed by atoms with E-state index in [-0.39, 0.29) is 31.3 Å². The zero-order valence-corrected chi connectivity index (χ0v) is 18.4. The van der Waals surface area contributed by atoms with E-state index < -0.39 is 22.9 Å². The standard InChI is InChI=1S/C22H28F3N3O4/c1-14-8-16(22(23,24)25)5-4-15(14)11-31-17-9-28(10-17)19(30)27-7-6-21(3)20(2,13-27)26-18(29)12-32-21/h4-5,8,17H,6-7,9-13H2,1-3H3,(H,26,29)/t20-,21+/m1/s1. The molecule has 10 heteroatoms.